The largest absolute Gasteiger partial charge is 0.300 e. The number of aryl methyl sites for hydroxylation is 1. The van der Waals surface area contributed by atoms with Crippen LogP contribution in [0.2, 0.25) is 0 Å². The minimum Gasteiger partial charge on any atom is -0.300 e. The van der Waals surface area contributed by atoms with Crippen molar-refractivity contribution in [2.45, 2.75) is 71.3 Å². The molecule has 0 unspecified atom stereocenters. The molecule has 0 N–H and O–H groups in total. The van der Waals surface area contributed by atoms with Crippen LogP contribution in [0, 0.1) is 0 Å². The minimum atomic E-state index is 0. The van der Waals surface area contributed by atoms with Gasteiger partial charge in [0, 0.05) is 5.54 Å². The van der Waals surface area contributed by atoms with Crippen molar-refractivity contribution in [3.05, 3.63) is 35.4 Å². The van der Waals surface area contributed by atoms with Crippen LogP contribution in [0.3, 0.4) is 0 Å². The van der Waals surface area contributed by atoms with Crippen molar-refractivity contribution >= 4 is 12.4 Å². The maximum Gasteiger partial charge on any atom is 0.0401 e. The molecule has 1 rings (SSSR count). The molecule has 0 aliphatic rings. The minimum absolute atomic E-state index is 0. The highest BCUT2D eigenvalue weighted by Crippen LogP contribution is 2.29. The molecule has 122 valence electrons. The van der Waals surface area contributed by atoms with E-state index >= 15 is 0 Å². The smallest absolute Gasteiger partial charge is 0.0401 e. The SMILES string of the molecule is CCCCCCCCc1ccccc1C(C)(C)N(C)C.Cl. The lowest BCUT2D eigenvalue weighted by Crippen LogP contribution is -2.36. The van der Waals surface area contributed by atoms with Crippen molar-refractivity contribution in [2.75, 3.05) is 14.1 Å². The lowest BCUT2D eigenvalue weighted by Gasteiger charge is -2.35. The molecule has 1 aromatic rings. The number of hydrogen-bond acceptors (Lipinski definition) is 1. The van der Waals surface area contributed by atoms with Crippen LogP contribution in [0.5, 0.6) is 0 Å². The van der Waals surface area contributed by atoms with E-state index in [1.807, 2.05) is 0 Å². The van der Waals surface area contributed by atoms with Gasteiger partial charge in [0.1, 0.15) is 0 Å². The molecule has 0 atom stereocenters. The van der Waals surface area contributed by atoms with Crippen LogP contribution in [0.1, 0.15) is 70.4 Å². The topological polar surface area (TPSA) is 3.24 Å². The Morgan fingerprint density at radius 3 is 2.10 bits per heavy atom. The van der Waals surface area contributed by atoms with Gasteiger partial charge in [-0.2, -0.15) is 0 Å². The van der Waals surface area contributed by atoms with Crippen molar-refractivity contribution in [1.82, 2.24) is 4.90 Å². The molecule has 0 aliphatic carbocycles. The first-order chi connectivity index (χ1) is 9.50. The Kier molecular flexibility index (Phi) is 9.98. The maximum atomic E-state index is 2.31. The van der Waals surface area contributed by atoms with Gasteiger partial charge in [0.2, 0.25) is 0 Å². The molecule has 0 spiro atoms. The van der Waals surface area contributed by atoms with Gasteiger partial charge in [-0.3, -0.25) is 0 Å². The van der Waals surface area contributed by atoms with Crippen LogP contribution in [-0.4, -0.2) is 19.0 Å². The fraction of sp³-hybridized carbons (Fsp3) is 0.684. The number of benzene rings is 1. The average Bonchev–Trinajstić information content (AvgIpc) is 2.43. The summed E-state index contributed by atoms with van der Waals surface area (Å²) >= 11 is 0. The highest BCUT2D eigenvalue weighted by atomic mass is 35.5. The third-order valence-electron chi connectivity index (χ3n) is 4.59. The van der Waals surface area contributed by atoms with Crippen LogP contribution in [0.25, 0.3) is 0 Å². The van der Waals surface area contributed by atoms with E-state index in [1.165, 1.54) is 56.1 Å². The molecule has 0 bridgehead atoms. The molecule has 0 heterocycles. The number of hydrogen-bond donors (Lipinski definition) is 0. The second-order valence-corrected chi connectivity index (χ2v) is 6.63. The second-order valence-electron chi connectivity index (χ2n) is 6.63. The van der Waals surface area contributed by atoms with E-state index < -0.39 is 0 Å². The molecule has 0 fully saturated rings. The first-order valence-corrected chi connectivity index (χ1v) is 8.26. The Bertz CT molecular complexity index is 385. The van der Waals surface area contributed by atoms with E-state index in [-0.39, 0.29) is 17.9 Å². The Balaban J connectivity index is 0.00000400. The summed E-state index contributed by atoms with van der Waals surface area (Å²) in [7, 11) is 4.34. The first kappa shape index (κ1) is 20.5. The molecule has 0 aromatic heterocycles. The van der Waals surface area contributed by atoms with Gasteiger partial charge in [-0.15, -0.1) is 12.4 Å². The van der Waals surface area contributed by atoms with Gasteiger partial charge >= 0.3 is 0 Å². The summed E-state index contributed by atoms with van der Waals surface area (Å²) in [6.07, 6.45) is 9.44. The average molecular weight is 312 g/mol. The summed E-state index contributed by atoms with van der Waals surface area (Å²) < 4.78 is 0. The van der Waals surface area contributed by atoms with Crippen LogP contribution >= 0.6 is 12.4 Å². The summed E-state index contributed by atoms with van der Waals surface area (Å²) in [6.45, 7) is 6.90. The third-order valence-corrected chi connectivity index (χ3v) is 4.59. The first-order valence-electron chi connectivity index (χ1n) is 8.26. The van der Waals surface area contributed by atoms with Gasteiger partial charge in [-0.05, 0) is 51.9 Å². The Morgan fingerprint density at radius 1 is 0.905 bits per heavy atom. The van der Waals surface area contributed by atoms with Gasteiger partial charge in [-0.25, -0.2) is 0 Å². The summed E-state index contributed by atoms with van der Waals surface area (Å²) in [5.74, 6) is 0. The molecular weight excluding hydrogens is 278 g/mol. The lowest BCUT2D eigenvalue weighted by atomic mass is 9.87. The molecule has 0 radical (unpaired) electrons. The molecule has 21 heavy (non-hydrogen) atoms. The zero-order chi connectivity index (χ0) is 15.0. The quantitative estimate of drug-likeness (QED) is 0.520. The fourth-order valence-electron chi connectivity index (χ4n) is 2.67. The van der Waals surface area contributed by atoms with E-state index in [0.717, 1.165) is 0 Å². The van der Waals surface area contributed by atoms with E-state index in [2.05, 4.69) is 64.0 Å². The van der Waals surface area contributed by atoms with Gasteiger partial charge < -0.3 is 4.90 Å². The van der Waals surface area contributed by atoms with Crippen LogP contribution in [-0.2, 0) is 12.0 Å². The monoisotopic (exact) mass is 311 g/mol. The molecule has 0 aliphatic heterocycles. The number of unbranched alkanes of at least 4 members (excludes halogenated alkanes) is 5. The highest BCUT2D eigenvalue weighted by Gasteiger charge is 2.25. The van der Waals surface area contributed by atoms with Crippen molar-refractivity contribution in [3.63, 3.8) is 0 Å². The molecule has 1 aromatic carbocycles. The molecule has 0 amide bonds. The molecule has 2 heteroatoms. The van der Waals surface area contributed by atoms with Gasteiger partial charge in [0.05, 0.1) is 0 Å². The van der Waals surface area contributed by atoms with E-state index in [9.17, 15) is 0 Å². The zero-order valence-corrected chi connectivity index (χ0v) is 15.4. The maximum absolute atomic E-state index is 2.31. The fourth-order valence-corrected chi connectivity index (χ4v) is 2.67. The zero-order valence-electron chi connectivity index (χ0n) is 14.6. The predicted molar refractivity (Wildman–Crippen MR) is 97.5 cm³/mol. The van der Waals surface area contributed by atoms with Crippen LogP contribution < -0.4 is 0 Å². The summed E-state index contributed by atoms with van der Waals surface area (Å²) in [5.41, 5.74) is 3.12. The molecule has 1 nitrogen and oxygen atoms in total. The van der Waals surface area contributed by atoms with Crippen LogP contribution in [0.4, 0.5) is 0 Å². The van der Waals surface area contributed by atoms with Crippen molar-refractivity contribution in [1.29, 1.82) is 0 Å². The molecule has 0 saturated heterocycles. The number of halogens is 1. The predicted octanol–water partition coefficient (Wildman–Crippen LogP) is 5.81. The summed E-state index contributed by atoms with van der Waals surface area (Å²) in [4.78, 5) is 2.31. The van der Waals surface area contributed by atoms with Crippen LogP contribution in [0.15, 0.2) is 24.3 Å². The van der Waals surface area contributed by atoms with E-state index in [0.29, 0.717) is 0 Å². The van der Waals surface area contributed by atoms with Gasteiger partial charge in [-0.1, -0.05) is 63.3 Å². The number of rotatable bonds is 9. The second kappa shape index (κ2) is 10.2. The van der Waals surface area contributed by atoms with E-state index in [4.69, 9.17) is 0 Å². The van der Waals surface area contributed by atoms with E-state index in [1.54, 1.807) is 0 Å². The Hall–Kier alpha value is -0.530. The molecule has 0 saturated carbocycles. The van der Waals surface area contributed by atoms with Gasteiger partial charge in [0.15, 0.2) is 0 Å². The number of nitrogens with zero attached hydrogens (tertiary/aromatic N) is 1. The summed E-state index contributed by atoms with van der Waals surface area (Å²) in [6, 6.07) is 8.96. The Morgan fingerprint density at radius 2 is 1.48 bits per heavy atom. The summed E-state index contributed by atoms with van der Waals surface area (Å²) in [5, 5.41) is 0. The van der Waals surface area contributed by atoms with Crippen molar-refractivity contribution < 1.29 is 0 Å². The lowest BCUT2D eigenvalue weighted by molar-refractivity contribution is 0.196. The highest BCUT2D eigenvalue weighted by molar-refractivity contribution is 5.85. The van der Waals surface area contributed by atoms with Gasteiger partial charge in [0.25, 0.3) is 0 Å². The normalized spacial score (nSPS) is 11.5. The van der Waals surface area contributed by atoms with Crippen molar-refractivity contribution in [2.24, 2.45) is 0 Å². The standard InChI is InChI=1S/C19H33N.ClH/c1-6-7-8-9-10-11-14-17-15-12-13-16-18(17)19(2,3)20(4)5;/h12-13,15-16H,6-11,14H2,1-5H3;1H. The molecular formula is C19H34ClN. The Labute approximate surface area is 138 Å². The third kappa shape index (κ3) is 6.40. The van der Waals surface area contributed by atoms with Crippen molar-refractivity contribution in [3.8, 4) is 0 Å².